The first-order valence-electron chi connectivity index (χ1n) is 11.3. The summed E-state index contributed by atoms with van der Waals surface area (Å²) in [6.45, 7) is 2.15. The van der Waals surface area contributed by atoms with Gasteiger partial charge in [-0.05, 0) is 37.5 Å². The largest absolute Gasteiger partial charge is 0.741 e. The molecule has 2 aromatic carbocycles. The Labute approximate surface area is 224 Å². The Bertz CT molecular complexity index is 1100. The van der Waals surface area contributed by atoms with E-state index in [1.165, 1.54) is 60.2 Å². The maximum Gasteiger partial charge on any atom is 0.485 e. The van der Waals surface area contributed by atoms with Gasteiger partial charge in [0.05, 0.1) is 18.0 Å². The van der Waals surface area contributed by atoms with Crippen LogP contribution < -0.4 is 10.3 Å². The third kappa shape index (κ3) is 10.1. The highest BCUT2D eigenvalue weighted by atomic mass is 35.6. The minimum absolute atomic E-state index is 0.353. The molecule has 0 aromatic heterocycles. The van der Waals surface area contributed by atoms with Crippen molar-refractivity contribution in [3.05, 3.63) is 65.2 Å². The molecule has 4 rings (SSSR count). The SMILES string of the molecule is Cc1ccc([C@@H]2CC(=[NH+]C3CCCCC3)c3ccccc3N2)cc1.ClC(Cl)Cl.O=S(=O)([O-])C(F)(F)F. The lowest BCUT2D eigenvalue weighted by molar-refractivity contribution is -0.508. The predicted octanol–water partition coefficient (Wildman–Crippen LogP) is 5.79. The second kappa shape index (κ2) is 13.9. The predicted molar refractivity (Wildman–Crippen MR) is 138 cm³/mol. The van der Waals surface area contributed by atoms with Crippen LogP contribution >= 0.6 is 34.8 Å². The van der Waals surface area contributed by atoms with E-state index in [1.807, 2.05) is 0 Å². The summed E-state index contributed by atoms with van der Waals surface area (Å²) in [7, 11) is -6.09. The molecule has 0 radical (unpaired) electrons. The van der Waals surface area contributed by atoms with Crippen LogP contribution in [0.1, 0.15) is 61.3 Å². The van der Waals surface area contributed by atoms with E-state index in [0.29, 0.717) is 12.1 Å². The van der Waals surface area contributed by atoms with E-state index in [2.05, 4.69) is 65.8 Å². The third-order valence-corrected chi connectivity index (χ3v) is 6.30. The molecule has 1 saturated carbocycles. The second-order valence-electron chi connectivity index (χ2n) is 8.46. The van der Waals surface area contributed by atoms with Crippen molar-refractivity contribution < 1.29 is 31.1 Å². The highest BCUT2D eigenvalue weighted by Crippen LogP contribution is 2.31. The minimum Gasteiger partial charge on any atom is -0.741 e. The summed E-state index contributed by atoms with van der Waals surface area (Å²) in [6.07, 6.45) is 7.80. The smallest absolute Gasteiger partial charge is 0.485 e. The summed E-state index contributed by atoms with van der Waals surface area (Å²) in [4.78, 5) is 3.90. The van der Waals surface area contributed by atoms with Crippen LogP contribution in [0.5, 0.6) is 0 Å². The molecular formula is C24H28Cl3F3N2O3S. The van der Waals surface area contributed by atoms with Crippen molar-refractivity contribution in [2.75, 3.05) is 5.32 Å². The molecule has 200 valence electrons. The Kier molecular flexibility index (Phi) is 11.8. The summed E-state index contributed by atoms with van der Waals surface area (Å²) < 4.78 is 58.2. The number of hydrogen-bond acceptors (Lipinski definition) is 4. The normalized spacial score (nSPS) is 19.4. The van der Waals surface area contributed by atoms with E-state index in [0.717, 1.165) is 6.42 Å². The van der Waals surface area contributed by atoms with Gasteiger partial charge in [0.15, 0.2) is 26.2 Å². The van der Waals surface area contributed by atoms with Crippen LogP contribution in [-0.2, 0) is 10.1 Å². The molecule has 2 N–H and O–H groups in total. The molecule has 2 aromatic rings. The zero-order valence-corrected chi connectivity index (χ0v) is 22.6. The monoisotopic (exact) mass is 586 g/mol. The van der Waals surface area contributed by atoms with Crippen molar-refractivity contribution in [2.24, 2.45) is 0 Å². The van der Waals surface area contributed by atoms with Gasteiger partial charge in [0, 0.05) is 18.5 Å². The first kappa shape index (κ1) is 30.7. The summed E-state index contributed by atoms with van der Waals surface area (Å²) >= 11 is 14.4. The number of rotatable bonds is 2. The summed E-state index contributed by atoms with van der Waals surface area (Å²) in [5.41, 5.74) is 1.07. The number of halogens is 6. The molecule has 1 heterocycles. The lowest BCUT2D eigenvalue weighted by Gasteiger charge is -2.27. The molecule has 1 fully saturated rings. The molecule has 5 nitrogen and oxygen atoms in total. The quantitative estimate of drug-likeness (QED) is 0.265. The average molecular weight is 588 g/mol. The summed E-state index contributed by atoms with van der Waals surface area (Å²) in [5, 5.41) is 3.74. The highest BCUT2D eigenvalue weighted by molar-refractivity contribution is 7.86. The van der Waals surface area contributed by atoms with Gasteiger partial charge in [-0.25, -0.2) is 13.4 Å². The molecule has 0 saturated heterocycles. The number of nitrogens with one attached hydrogen (secondary N) is 2. The van der Waals surface area contributed by atoms with Crippen LogP contribution in [0.2, 0.25) is 0 Å². The lowest BCUT2D eigenvalue weighted by Crippen LogP contribution is -2.80. The topological polar surface area (TPSA) is 83.2 Å². The zero-order chi connectivity index (χ0) is 26.9. The van der Waals surface area contributed by atoms with E-state index < -0.39 is 19.9 Å². The number of benzene rings is 2. The maximum atomic E-state index is 10.7. The van der Waals surface area contributed by atoms with Gasteiger partial charge in [0.1, 0.15) is 0 Å². The minimum atomic E-state index is -6.09. The van der Waals surface area contributed by atoms with Crippen molar-refractivity contribution in [3.8, 4) is 0 Å². The summed E-state index contributed by atoms with van der Waals surface area (Å²) in [5.74, 6) is 0. The van der Waals surface area contributed by atoms with Crippen LogP contribution in [0.4, 0.5) is 18.9 Å². The first-order chi connectivity index (χ1) is 16.8. The second-order valence-corrected chi connectivity index (χ2v) is 11.8. The number of anilines is 1. The number of fused-ring (bicyclic) bond motifs is 1. The molecule has 2 aliphatic rings. The molecule has 1 aliphatic heterocycles. The molecule has 0 bridgehead atoms. The average Bonchev–Trinajstić information content (AvgIpc) is 2.79. The maximum absolute atomic E-state index is 10.7. The van der Waals surface area contributed by atoms with Gasteiger partial charge >= 0.3 is 5.51 Å². The molecule has 1 atom stereocenters. The van der Waals surface area contributed by atoms with Gasteiger partial charge in [-0.2, -0.15) is 13.2 Å². The molecule has 0 amide bonds. The van der Waals surface area contributed by atoms with Crippen LogP contribution in [0.25, 0.3) is 0 Å². The van der Waals surface area contributed by atoms with E-state index in [-0.39, 0.29) is 0 Å². The molecule has 0 unspecified atom stereocenters. The number of hydrogen-bond donors (Lipinski definition) is 2. The van der Waals surface area contributed by atoms with Crippen molar-refractivity contribution in [3.63, 3.8) is 0 Å². The van der Waals surface area contributed by atoms with E-state index >= 15 is 0 Å². The lowest BCUT2D eigenvalue weighted by atomic mass is 9.90. The van der Waals surface area contributed by atoms with Crippen LogP contribution in [-0.4, -0.2) is 34.5 Å². The van der Waals surface area contributed by atoms with Crippen LogP contribution in [0.15, 0.2) is 48.5 Å². The molecular weight excluding hydrogens is 560 g/mol. The van der Waals surface area contributed by atoms with Gasteiger partial charge in [0.2, 0.25) is 0 Å². The zero-order valence-electron chi connectivity index (χ0n) is 19.5. The first-order valence-corrected chi connectivity index (χ1v) is 14.0. The fraction of sp³-hybridized carbons (Fsp3) is 0.458. The number of alkyl halides is 6. The van der Waals surface area contributed by atoms with Gasteiger partial charge < -0.3 is 9.87 Å². The standard InChI is InChI=1S/C22H26N2.CHCl3.CHF3O3S/c1-16-11-13-17(14-12-16)21-15-22(23-18-7-3-2-4-8-18)19-9-5-6-10-20(19)24-21;2-1(3)4;2-1(3,4)8(5,6)7/h5-6,9-14,18,21,24H,2-4,7-8,15H2,1H3;1H;(H,5,6,7)/t21-;;/m0../s1. The van der Waals surface area contributed by atoms with Crippen molar-refractivity contribution >= 4 is 56.3 Å². The Morgan fingerprint density at radius 3 is 2.06 bits per heavy atom. The van der Waals surface area contributed by atoms with Crippen LogP contribution in [0, 0.1) is 6.92 Å². The van der Waals surface area contributed by atoms with E-state index in [4.69, 9.17) is 47.8 Å². The third-order valence-electron chi connectivity index (χ3n) is 5.74. The Hall–Kier alpha value is -1.52. The highest BCUT2D eigenvalue weighted by Gasteiger charge is 2.37. The van der Waals surface area contributed by atoms with Gasteiger partial charge in [-0.15, -0.1) is 0 Å². The van der Waals surface area contributed by atoms with Crippen LogP contribution in [0.3, 0.4) is 0 Å². The van der Waals surface area contributed by atoms with Gasteiger partial charge in [-0.3, -0.25) is 0 Å². The molecule has 36 heavy (non-hydrogen) atoms. The van der Waals surface area contributed by atoms with E-state index in [1.54, 1.807) is 0 Å². The Balaban J connectivity index is 0.000000320. The fourth-order valence-corrected chi connectivity index (χ4v) is 4.05. The van der Waals surface area contributed by atoms with Crippen molar-refractivity contribution in [1.82, 2.24) is 0 Å². The van der Waals surface area contributed by atoms with Gasteiger partial charge in [0.25, 0.3) is 0 Å². The van der Waals surface area contributed by atoms with Gasteiger partial charge in [-0.1, -0.05) is 83.2 Å². The van der Waals surface area contributed by atoms with Crippen molar-refractivity contribution in [2.45, 2.75) is 67.3 Å². The molecule has 1 aliphatic carbocycles. The number of para-hydroxylation sites is 1. The Morgan fingerprint density at radius 2 is 1.53 bits per heavy atom. The molecule has 0 spiro atoms. The van der Waals surface area contributed by atoms with Crippen molar-refractivity contribution in [1.29, 1.82) is 0 Å². The number of aryl methyl sites for hydroxylation is 1. The fourth-order valence-electron chi connectivity index (χ4n) is 4.05. The Morgan fingerprint density at radius 1 is 1.00 bits per heavy atom. The molecule has 12 heteroatoms. The summed E-state index contributed by atoms with van der Waals surface area (Å²) in [6, 6.07) is 18.7. The van der Waals surface area contributed by atoms with E-state index in [9.17, 15) is 13.2 Å².